The van der Waals surface area contributed by atoms with Gasteiger partial charge < -0.3 is 14.8 Å². The Balaban J connectivity index is 1.70. The van der Waals surface area contributed by atoms with E-state index < -0.39 is 0 Å². The van der Waals surface area contributed by atoms with E-state index in [1.165, 1.54) is 18.4 Å². The van der Waals surface area contributed by atoms with Crippen LogP contribution in [0.2, 0.25) is 0 Å². The minimum atomic E-state index is -0.339. The number of anilines is 1. The van der Waals surface area contributed by atoms with E-state index in [0.717, 1.165) is 21.0 Å². The van der Waals surface area contributed by atoms with E-state index >= 15 is 0 Å². The van der Waals surface area contributed by atoms with Gasteiger partial charge in [-0.2, -0.15) is 0 Å². The lowest BCUT2D eigenvalue weighted by Gasteiger charge is -2.14. The molecule has 0 atom stereocenters. The van der Waals surface area contributed by atoms with Gasteiger partial charge in [-0.1, -0.05) is 54.6 Å². The van der Waals surface area contributed by atoms with E-state index in [1.54, 1.807) is 25.3 Å². The van der Waals surface area contributed by atoms with Crippen molar-refractivity contribution in [2.75, 3.05) is 19.5 Å². The zero-order chi connectivity index (χ0) is 23.7. The van der Waals surface area contributed by atoms with Gasteiger partial charge in [0.1, 0.15) is 5.00 Å². The van der Waals surface area contributed by atoms with Crippen molar-refractivity contribution in [3.05, 3.63) is 101 Å². The standard InChI is InChI=1S/C28H21NO4S/c1-32-22-15-14-18(16-23(22)33-2)27(31)29-28-25(26(30)21-11-5-6-13-24(21)34-28)20-12-7-9-17-8-3-4-10-19(17)20/h3-16H,1-2H3,(H,29,31). The maximum atomic E-state index is 13.7. The molecule has 1 aromatic heterocycles. The third-order valence-electron chi connectivity index (χ3n) is 5.73. The largest absolute Gasteiger partial charge is 0.493 e. The predicted octanol–water partition coefficient (Wildman–Crippen LogP) is 6.35. The van der Waals surface area contributed by atoms with Crippen molar-refractivity contribution < 1.29 is 14.3 Å². The molecule has 0 bridgehead atoms. The highest BCUT2D eigenvalue weighted by Gasteiger charge is 2.19. The minimum absolute atomic E-state index is 0.117. The van der Waals surface area contributed by atoms with Gasteiger partial charge in [-0.15, -0.1) is 11.3 Å². The average molecular weight is 468 g/mol. The van der Waals surface area contributed by atoms with Crippen LogP contribution in [0.15, 0.2) is 89.7 Å². The maximum absolute atomic E-state index is 13.7. The van der Waals surface area contributed by atoms with Crippen molar-refractivity contribution in [2.45, 2.75) is 0 Å². The fourth-order valence-electron chi connectivity index (χ4n) is 4.07. The monoisotopic (exact) mass is 467 g/mol. The van der Waals surface area contributed by atoms with Gasteiger partial charge in [0, 0.05) is 15.6 Å². The fourth-order valence-corrected chi connectivity index (χ4v) is 5.16. The molecule has 0 aliphatic heterocycles. The van der Waals surface area contributed by atoms with Gasteiger partial charge >= 0.3 is 0 Å². The Morgan fingerprint density at radius 3 is 2.29 bits per heavy atom. The number of ether oxygens (including phenoxy) is 2. The number of carbonyl (C=O) groups is 1. The first-order chi connectivity index (χ1) is 16.6. The van der Waals surface area contributed by atoms with Crippen LogP contribution in [0.1, 0.15) is 10.4 Å². The molecule has 0 saturated heterocycles. The number of rotatable bonds is 5. The molecular weight excluding hydrogens is 446 g/mol. The number of hydrogen-bond donors (Lipinski definition) is 1. The molecular formula is C28H21NO4S. The third-order valence-corrected chi connectivity index (χ3v) is 6.82. The van der Waals surface area contributed by atoms with Gasteiger partial charge in [-0.3, -0.25) is 9.59 Å². The van der Waals surface area contributed by atoms with E-state index in [0.29, 0.717) is 33.0 Å². The number of carbonyl (C=O) groups excluding carboxylic acids is 1. The van der Waals surface area contributed by atoms with Crippen molar-refractivity contribution in [3.63, 3.8) is 0 Å². The molecule has 0 radical (unpaired) electrons. The first kappa shape index (κ1) is 21.7. The van der Waals surface area contributed by atoms with Crippen molar-refractivity contribution in [3.8, 4) is 22.6 Å². The molecule has 0 unspecified atom stereocenters. The molecule has 5 rings (SSSR count). The van der Waals surface area contributed by atoms with Crippen LogP contribution in [0, 0.1) is 0 Å². The van der Waals surface area contributed by atoms with Gasteiger partial charge in [0.15, 0.2) is 16.9 Å². The summed E-state index contributed by atoms with van der Waals surface area (Å²) in [7, 11) is 3.06. The summed E-state index contributed by atoms with van der Waals surface area (Å²) in [4.78, 5) is 27.0. The molecule has 5 nitrogen and oxygen atoms in total. The molecule has 1 heterocycles. The number of hydrogen-bond acceptors (Lipinski definition) is 5. The van der Waals surface area contributed by atoms with E-state index in [1.807, 2.05) is 66.7 Å². The summed E-state index contributed by atoms with van der Waals surface area (Å²) in [5.74, 6) is 0.648. The van der Waals surface area contributed by atoms with Crippen molar-refractivity contribution in [2.24, 2.45) is 0 Å². The van der Waals surface area contributed by atoms with Crippen molar-refractivity contribution in [1.29, 1.82) is 0 Å². The van der Waals surface area contributed by atoms with E-state index in [4.69, 9.17) is 9.47 Å². The molecule has 1 amide bonds. The Labute approximate surface area is 200 Å². The summed E-state index contributed by atoms with van der Waals surface area (Å²) < 4.78 is 11.4. The minimum Gasteiger partial charge on any atom is -0.493 e. The number of nitrogens with one attached hydrogen (secondary N) is 1. The van der Waals surface area contributed by atoms with Gasteiger partial charge in [0.2, 0.25) is 0 Å². The van der Waals surface area contributed by atoms with Crippen molar-refractivity contribution >= 4 is 43.1 Å². The molecule has 0 aliphatic carbocycles. The van der Waals surface area contributed by atoms with Crippen molar-refractivity contribution in [1.82, 2.24) is 0 Å². The smallest absolute Gasteiger partial charge is 0.256 e. The second kappa shape index (κ2) is 9.00. The number of amides is 1. The number of fused-ring (bicyclic) bond motifs is 2. The molecule has 0 fully saturated rings. The molecule has 1 N–H and O–H groups in total. The topological polar surface area (TPSA) is 64.6 Å². The molecule has 34 heavy (non-hydrogen) atoms. The van der Waals surface area contributed by atoms with Crippen LogP contribution in [-0.4, -0.2) is 20.1 Å². The lowest BCUT2D eigenvalue weighted by atomic mass is 9.98. The first-order valence-corrected chi connectivity index (χ1v) is 11.5. The van der Waals surface area contributed by atoms with Crippen LogP contribution in [0.5, 0.6) is 11.5 Å². The van der Waals surface area contributed by atoms with Gasteiger partial charge in [0.25, 0.3) is 5.91 Å². The fraction of sp³-hybridized carbons (Fsp3) is 0.0714. The molecule has 5 aromatic rings. The van der Waals surface area contributed by atoms with Gasteiger partial charge in [-0.05, 0) is 46.7 Å². The summed E-state index contributed by atoms with van der Waals surface area (Å²) in [5, 5.41) is 6.09. The van der Waals surface area contributed by atoms with Crippen LogP contribution in [0.4, 0.5) is 5.00 Å². The zero-order valence-corrected chi connectivity index (χ0v) is 19.4. The highest BCUT2D eigenvalue weighted by Crippen LogP contribution is 2.37. The summed E-state index contributed by atoms with van der Waals surface area (Å²) in [5.41, 5.74) is 1.55. The Kier molecular flexibility index (Phi) is 5.74. The molecule has 6 heteroatoms. The van der Waals surface area contributed by atoms with Gasteiger partial charge in [0.05, 0.1) is 19.8 Å². The Hall–Kier alpha value is -4.16. The van der Waals surface area contributed by atoms with Crippen LogP contribution >= 0.6 is 11.3 Å². The predicted molar refractivity (Wildman–Crippen MR) is 139 cm³/mol. The highest BCUT2D eigenvalue weighted by molar-refractivity contribution is 7.22. The van der Waals surface area contributed by atoms with Crippen LogP contribution < -0.4 is 20.2 Å². The molecule has 0 saturated carbocycles. The Bertz CT molecular complexity index is 1600. The Morgan fingerprint density at radius 2 is 1.50 bits per heavy atom. The lowest BCUT2D eigenvalue weighted by Crippen LogP contribution is -2.16. The number of methoxy groups -OCH3 is 2. The SMILES string of the molecule is COc1ccc(C(=O)Nc2sc3ccccc3c(=O)c2-c2cccc3ccccc23)cc1OC. The third kappa shape index (κ3) is 3.78. The zero-order valence-electron chi connectivity index (χ0n) is 18.6. The second-order valence-electron chi connectivity index (χ2n) is 7.68. The van der Waals surface area contributed by atoms with E-state index in [-0.39, 0.29) is 11.3 Å². The van der Waals surface area contributed by atoms with E-state index in [2.05, 4.69) is 5.32 Å². The molecule has 0 spiro atoms. The Morgan fingerprint density at radius 1 is 0.794 bits per heavy atom. The first-order valence-electron chi connectivity index (χ1n) is 10.7. The van der Waals surface area contributed by atoms with Crippen LogP contribution in [-0.2, 0) is 0 Å². The van der Waals surface area contributed by atoms with Crippen LogP contribution in [0.3, 0.4) is 0 Å². The summed E-state index contributed by atoms with van der Waals surface area (Å²) in [6.07, 6.45) is 0. The second-order valence-corrected chi connectivity index (χ2v) is 8.73. The van der Waals surface area contributed by atoms with Crippen LogP contribution in [0.25, 0.3) is 32.0 Å². The average Bonchev–Trinajstić information content (AvgIpc) is 2.88. The number of benzene rings is 4. The summed E-state index contributed by atoms with van der Waals surface area (Å²) in [6.45, 7) is 0. The lowest BCUT2D eigenvalue weighted by molar-refractivity contribution is 0.102. The normalized spacial score (nSPS) is 10.9. The van der Waals surface area contributed by atoms with Gasteiger partial charge in [-0.25, -0.2) is 0 Å². The molecule has 0 aliphatic rings. The quantitative estimate of drug-likeness (QED) is 0.327. The molecule has 4 aromatic carbocycles. The highest BCUT2D eigenvalue weighted by atomic mass is 32.1. The summed E-state index contributed by atoms with van der Waals surface area (Å²) >= 11 is 1.38. The maximum Gasteiger partial charge on any atom is 0.256 e. The molecule has 168 valence electrons. The van der Waals surface area contributed by atoms with E-state index in [9.17, 15) is 9.59 Å². The summed E-state index contributed by atoms with van der Waals surface area (Å²) in [6, 6.07) is 26.2.